The zero-order valence-electron chi connectivity index (χ0n) is 11.4. The third-order valence-corrected chi connectivity index (χ3v) is 4.58. The number of aromatic nitrogens is 2. The van der Waals surface area contributed by atoms with Crippen LogP contribution in [0.2, 0.25) is 5.02 Å². The highest BCUT2D eigenvalue weighted by Crippen LogP contribution is 2.36. The Morgan fingerprint density at radius 1 is 1.55 bits per heavy atom. The first-order valence-corrected chi connectivity index (χ1v) is 8.16. The highest BCUT2D eigenvalue weighted by atomic mass is 35.5. The molecule has 5 nitrogen and oxygen atoms in total. The number of rotatable bonds is 5. The van der Waals surface area contributed by atoms with Crippen molar-refractivity contribution in [3.05, 3.63) is 16.9 Å². The van der Waals surface area contributed by atoms with Crippen LogP contribution in [0.1, 0.15) is 36.2 Å². The maximum Gasteiger partial charge on any atom is 0.271 e. The molecule has 0 unspecified atom stereocenters. The zero-order valence-corrected chi connectivity index (χ0v) is 12.9. The van der Waals surface area contributed by atoms with Gasteiger partial charge in [0.15, 0.2) is 10.9 Å². The molecule has 1 heterocycles. The van der Waals surface area contributed by atoms with Gasteiger partial charge in [0, 0.05) is 12.0 Å². The molecule has 20 heavy (non-hydrogen) atoms. The topological polar surface area (TPSA) is 75.1 Å². The number of amides is 1. The zero-order chi connectivity index (χ0) is 14.6. The van der Waals surface area contributed by atoms with Gasteiger partial charge in [0.05, 0.1) is 17.8 Å². The average molecular weight is 316 g/mol. The highest BCUT2D eigenvalue weighted by Gasteiger charge is 2.33. The Balaban J connectivity index is 2.04. The van der Waals surface area contributed by atoms with Gasteiger partial charge in [-0.05, 0) is 19.1 Å². The summed E-state index contributed by atoms with van der Waals surface area (Å²) in [4.78, 5) is 20.3. The number of thioether (sulfide) groups is 1. The predicted molar refractivity (Wildman–Crippen MR) is 79.1 cm³/mol. The Morgan fingerprint density at radius 2 is 2.25 bits per heavy atom. The van der Waals surface area contributed by atoms with Crippen LogP contribution in [0.4, 0.5) is 0 Å². The molecule has 110 valence electrons. The maximum atomic E-state index is 12.2. The Morgan fingerprint density at radius 3 is 2.85 bits per heavy atom. The van der Waals surface area contributed by atoms with Crippen LogP contribution in [0.3, 0.4) is 0 Å². The molecule has 1 aromatic heterocycles. The molecule has 1 saturated carbocycles. The van der Waals surface area contributed by atoms with E-state index in [1.54, 1.807) is 0 Å². The monoisotopic (exact) mass is 315 g/mol. The number of hydrogen-bond acceptors (Lipinski definition) is 5. The van der Waals surface area contributed by atoms with Crippen molar-refractivity contribution < 1.29 is 9.90 Å². The van der Waals surface area contributed by atoms with E-state index in [0.717, 1.165) is 25.7 Å². The van der Waals surface area contributed by atoms with Crippen molar-refractivity contribution in [1.29, 1.82) is 0 Å². The smallest absolute Gasteiger partial charge is 0.271 e. The minimum atomic E-state index is -0.313. The third-order valence-electron chi connectivity index (χ3n) is 3.74. The van der Waals surface area contributed by atoms with E-state index < -0.39 is 0 Å². The van der Waals surface area contributed by atoms with Gasteiger partial charge in [0.25, 0.3) is 5.91 Å². The van der Waals surface area contributed by atoms with Crippen molar-refractivity contribution in [1.82, 2.24) is 15.3 Å². The van der Waals surface area contributed by atoms with E-state index in [0.29, 0.717) is 11.7 Å². The van der Waals surface area contributed by atoms with E-state index in [-0.39, 0.29) is 28.6 Å². The highest BCUT2D eigenvalue weighted by molar-refractivity contribution is 7.98. The van der Waals surface area contributed by atoms with Gasteiger partial charge >= 0.3 is 0 Å². The van der Waals surface area contributed by atoms with E-state index in [9.17, 15) is 9.90 Å². The van der Waals surface area contributed by atoms with Gasteiger partial charge in [-0.3, -0.25) is 4.79 Å². The summed E-state index contributed by atoms with van der Waals surface area (Å²) in [6, 6.07) is 0. The van der Waals surface area contributed by atoms with Crippen LogP contribution in [-0.2, 0) is 0 Å². The molecule has 2 rings (SSSR count). The van der Waals surface area contributed by atoms with Crippen LogP contribution in [0, 0.1) is 5.41 Å². The first kappa shape index (κ1) is 15.5. The Labute approximate surface area is 127 Å². The summed E-state index contributed by atoms with van der Waals surface area (Å²) in [5.41, 5.74) is 0.00873. The molecule has 0 atom stereocenters. The molecule has 0 saturated heterocycles. The minimum absolute atomic E-state index is 0.0981. The van der Waals surface area contributed by atoms with Gasteiger partial charge in [-0.15, -0.1) is 0 Å². The first-order valence-electron chi connectivity index (χ1n) is 6.56. The first-order chi connectivity index (χ1) is 9.60. The van der Waals surface area contributed by atoms with Crippen molar-refractivity contribution >= 4 is 29.3 Å². The number of aliphatic hydroxyl groups is 1. The van der Waals surface area contributed by atoms with E-state index in [2.05, 4.69) is 15.3 Å². The van der Waals surface area contributed by atoms with E-state index in [1.165, 1.54) is 18.0 Å². The lowest BCUT2D eigenvalue weighted by molar-refractivity contribution is 0.0875. The number of nitrogens with zero attached hydrogens (tertiary/aromatic N) is 2. The molecule has 1 aliphatic rings. The van der Waals surface area contributed by atoms with Crippen LogP contribution < -0.4 is 5.32 Å². The molecular formula is C13H18ClN3O2S. The second-order valence-electron chi connectivity index (χ2n) is 5.10. The summed E-state index contributed by atoms with van der Waals surface area (Å²) in [6.07, 6.45) is 7.36. The summed E-state index contributed by atoms with van der Waals surface area (Å²) in [7, 11) is 0. The third kappa shape index (κ3) is 3.42. The minimum Gasteiger partial charge on any atom is -0.396 e. The Kier molecular flexibility index (Phi) is 5.23. The van der Waals surface area contributed by atoms with Crippen LogP contribution in [0.5, 0.6) is 0 Å². The van der Waals surface area contributed by atoms with Crippen LogP contribution in [0.25, 0.3) is 0 Å². The second-order valence-corrected chi connectivity index (χ2v) is 6.28. The average Bonchev–Trinajstić information content (AvgIpc) is 2.95. The summed E-state index contributed by atoms with van der Waals surface area (Å²) in [6.45, 7) is 0.554. The number of aliphatic hydroxyl groups excluding tert-OH is 1. The van der Waals surface area contributed by atoms with Gasteiger partial charge in [-0.25, -0.2) is 9.97 Å². The maximum absolute atomic E-state index is 12.2. The molecule has 2 N–H and O–H groups in total. The fraction of sp³-hybridized carbons (Fsp3) is 0.615. The van der Waals surface area contributed by atoms with Crippen molar-refractivity contribution in [2.24, 2.45) is 5.41 Å². The summed E-state index contributed by atoms with van der Waals surface area (Å²) >= 11 is 7.32. The van der Waals surface area contributed by atoms with Crippen molar-refractivity contribution in [2.75, 3.05) is 19.4 Å². The van der Waals surface area contributed by atoms with E-state index >= 15 is 0 Å². The number of halogens is 1. The predicted octanol–water partition coefficient (Wildman–Crippen LogP) is 2.13. The summed E-state index contributed by atoms with van der Waals surface area (Å²) in [5.74, 6) is -0.313. The van der Waals surface area contributed by atoms with Gasteiger partial charge in [-0.1, -0.05) is 36.2 Å². The van der Waals surface area contributed by atoms with Crippen LogP contribution >= 0.6 is 23.4 Å². The molecule has 0 bridgehead atoms. The van der Waals surface area contributed by atoms with Crippen molar-refractivity contribution in [2.45, 2.75) is 30.8 Å². The molecule has 1 aliphatic carbocycles. The van der Waals surface area contributed by atoms with Gasteiger partial charge < -0.3 is 10.4 Å². The molecule has 1 amide bonds. The fourth-order valence-corrected chi connectivity index (χ4v) is 2.99. The molecule has 7 heteroatoms. The lowest BCUT2D eigenvalue weighted by Crippen LogP contribution is -2.38. The Bertz CT molecular complexity index is 493. The summed E-state index contributed by atoms with van der Waals surface area (Å²) < 4.78 is 0. The van der Waals surface area contributed by atoms with Crippen LogP contribution in [-0.4, -0.2) is 40.4 Å². The number of carbonyl (C=O) groups is 1. The number of carbonyl (C=O) groups excluding carboxylic acids is 1. The molecule has 0 radical (unpaired) electrons. The molecule has 0 aromatic carbocycles. The van der Waals surface area contributed by atoms with Crippen molar-refractivity contribution in [3.63, 3.8) is 0 Å². The van der Waals surface area contributed by atoms with Gasteiger partial charge in [0.1, 0.15) is 0 Å². The number of nitrogens with one attached hydrogen (secondary N) is 1. The number of hydrogen-bond donors (Lipinski definition) is 2. The molecule has 1 fully saturated rings. The quantitative estimate of drug-likeness (QED) is 0.643. The van der Waals surface area contributed by atoms with Gasteiger partial charge in [0.2, 0.25) is 0 Å². The second kappa shape index (κ2) is 6.74. The van der Waals surface area contributed by atoms with Crippen molar-refractivity contribution in [3.8, 4) is 0 Å². The standard InChI is InChI=1S/C13H18ClN3O2S/c1-20-12-15-6-9(14)10(17-12)11(19)16-7-13(8-18)4-2-3-5-13/h6,18H,2-5,7-8H2,1H3,(H,16,19). The molecular weight excluding hydrogens is 298 g/mol. The lowest BCUT2D eigenvalue weighted by atomic mass is 9.87. The fourth-order valence-electron chi connectivity index (χ4n) is 2.48. The Hall–Kier alpha value is -0.850. The molecule has 1 aromatic rings. The van der Waals surface area contributed by atoms with E-state index in [4.69, 9.17) is 11.6 Å². The lowest BCUT2D eigenvalue weighted by Gasteiger charge is -2.26. The molecule has 0 spiro atoms. The van der Waals surface area contributed by atoms with E-state index in [1.807, 2.05) is 6.26 Å². The van der Waals surface area contributed by atoms with Gasteiger partial charge in [-0.2, -0.15) is 0 Å². The van der Waals surface area contributed by atoms with Crippen LogP contribution in [0.15, 0.2) is 11.4 Å². The summed E-state index contributed by atoms with van der Waals surface area (Å²) in [5, 5.41) is 13.1. The normalized spacial score (nSPS) is 17.1. The largest absolute Gasteiger partial charge is 0.396 e. The SMILES string of the molecule is CSc1ncc(Cl)c(C(=O)NCC2(CO)CCCC2)n1. The molecule has 0 aliphatic heterocycles.